The summed E-state index contributed by atoms with van der Waals surface area (Å²) in [7, 11) is 0. The van der Waals surface area contributed by atoms with Crippen LogP contribution in [0.5, 0.6) is 0 Å². The van der Waals surface area contributed by atoms with E-state index in [4.69, 9.17) is 0 Å². The van der Waals surface area contributed by atoms with Gasteiger partial charge in [-0.3, -0.25) is 4.79 Å². The molecule has 5 nitrogen and oxygen atoms in total. The molecule has 2 fully saturated rings. The zero-order valence-electron chi connectivity index (χ0n) is 15.8. The van der Waals surface area contributed by atoms with Gasteiger partial charge in [-0.15, -0.1) is 0 Å². The number of nitrogens with one attached hydrogen (secondary N) is 1. The van der Waals surface area contributed by atoms with Crippen molar-refractivity contribution in [2.24, 2.45) is 0 Å². The minimum Gasteiger partial charge on any atom is -0.376 e. The Morgan fingerprint density at radius 2 is 1.33 bits per heavy atom. The average Bonchev–Trinajstić information content (AvgIpc) is 3.28. The maximum Gasteiger partial charge on any atom is 0.241 e. The molecule has 0 spiro atoms. The Morgan fingerprint density at radius 1 is 0.741 bits per heavy atom. The molecule has 0 radical (unpaired) electrons. The second-order valence-electron chi connectivity index (χ2n) is 7.30. The van der Waals surface area contributed by atoms with Gasteiger partial charge in [0.15, 0.2) is 0 Å². The van der Waals surface area contributed by atoms with Gasteiger partial charge in [-0.25, -0.2) is 0 Å². The summed E-state index contributed by atoms with van der Waals surface area (Å²) in [4.78, 5) is 19.3. The summed E-state index contributed by atoms with van der Waals surface area (Å²) in [6.07, 6.45) is 2.57. The van der Waals surface area contributed by atoms with Crippen molar-refractivity contribution in [1.82, 2.24) is 4.90 Å². The van der Waals surface area contributed by atoms with Crippen molar-refractivity contribution in [3.63, 3.8) is 0 Å². The second kappa shape index (κ2) is 8.33. The predicted molar refractivity (Wildman–Crippen MR) is 112 cm³/mol. The molecule has 27 heavy (non-hydrogen) atoms. The third kappa shape index (κ3) is 4.35. The van der Waals surface area contributed by atoms with Crippen LogP contribution in [-0.4, -0.2) is 56.6 Å². The van der Waals surface area contributed by atoms with Gasteiger partial charge in [0.25, 0.3) is 0 Å². The van der Waals surface area contributed by atoms with E-state index in [0.717, 1.165) is 45.0 Å². The standard InChI is InChI=1S/C22H28N4O/c27-22(26-16-14-25(15-17-26)20-6-2-1-3-7-20)18-23-19-8-10-21(11-9-19)24-12-4-5-13-24/h1-3,6-11,23H,4-5,12-18H2. The molecule has 0 aliphatic carbocycles. The SMILES string of the molecule is O=C(CNc1ccc(N2CCCC2)cc1)N1CCN(c2ccccc2)CC1. The van der Waals surface area contributed by atoms with Crippen LogP contribution in [0.25, 0.3) is 0 Å². The van der Waals surface area contributed by atoms with Crippen molar-refractivity contribution in [1.29, 1.82) is 0 Å². The first-order valence-corrected chi connectivity index (χ1v) is 9.96. The minimum absolute atomic E-state index is 0.173. The van der Waals surface area contributed by atoms with Crippen LogP contribution in [0.15, 0.2) is 54.6 Å². The number of benzene rings is 2. The number of anilines is 3. The van der Waals surface area contributed by atoms with Gasteiger partial charge in [-0.1, -0.05) is 18.2 Å². The lowest BCUT2D eigenvalue weighted by atomic mass is 10.2. The summed E-state index contributed by atoms with van der Waals surface area (Å²) in [6, 6.07) is 18.9. The maximum atomic E-state index is 12.5. The molecule has 0 aromatic heterocycles. The van der Waals surface area contributed by atoms with Crippen molar-refractivity contribution < 1.29 is 4.79 Å². The Labute approximate surface area is 161 Å². The first-order chi connectivity index (χ1) is 13.3. The molecule has 2 saturated heterocycles. The van der Waals surface area contributed by atoms with Crippen LogP contribution in [0.4, 0.5) is 17.1 Å². The fourth-order valence-corrected chi connectivity index (χ4v) is 3.91. The smallest absolute Gasteiger partial charge is 0.241 e. The molecule has 2 aliphatic rings. The van der Waals surface area contributed by atoms with E-state index in [0.29, 0.717) is 6.54 Å². The van der Waals surface area contributed by atoms with E-state index < -0.39 is 0 Å². The van der Waals surface area contributed by atoms with Crippen LogP contribution in [0.3, 0.4) is 0 Å². The van der Waals surface area contributed by atoms with Crippen LogP contribution >= 0.6 is 0 Å². The van der Waals surface area contributed by atoms with Gasteiger partial charge in [0.05, 0.1) is 6.54 Å². The number of piperazine rings is 1. The van der Waals surface area contributed by atoms with E-state index in [1.54, 1.807) is 0 Å². The molecule has 0 saturated carbocycles. The highest BCUT2D eigenvalue weighted by Crippen LogP contribution is 2.22. The summed E-state index contributed by atoms with van der Waals surface area (Å²) < 4.78 is 0. The third-order valence-electron chi connectivity index (χ3n) is 5.54. The molecule has 2 aromatic rings. The third-order valence-corrected chi connectivity index (χ3v) is 5.54. The number of carbonyl (C=O) groups is 1. The molecule has 0 unspecified atom stereocenters. The van der Waals surface area contributed by atoms with Gasteiger partial charge in [-0.05, 0) is 49.2 Å². The predicted octanol–water partition coefficient (Wildman–Crippen LogP) is 3.05. The molecule has 0 atom stereocenters. The van der Waals surface area contributed by atoms with Gasteiger partial charge in [0, 0.05) is 56.3 Å². The molecular formula is C22H28N4O. The highest BCUT2D eigenvalue weighted by atomic mass is 16.2. The maximum absolute atomic E-state index is 12.5. The molecule has 2 aliphatic heterocycles. The fraction of sp³-hybridized carbons (Fsp3) is 0.409. The second-order valence-corrected chi connectivity index (χ2v) is 7.30. The summed E-state index contributed by atoms with van der Waals surface area (Å²) in [5.41, 5.74) is 3.52. The lowest BCUT2D eigenvalue weighted by Crippen LogP contribution is -2.50. The van der Waals surface area contributed by atoms with Crippen LogP contribution < -0.4 is 15.1 Å². The van der Waals surface area contributed by atoms with Crippen molar-refractivity contribution in [3.8, 4) is 0 Å². The molecular weight excluding hydrogens is 336 g/mol. The van der Waals surface area contributed by atoms with Crippen LogP contribution in [0.2, 0.25) is 0 Å². The Balaban J connectivity index is 1.24. The van der Waals surface area contributed by atoms with Crippen LogP contribution in [0, 0.1) is 0 Å². The first kappa shape index (κ1) is 17.7. The number of rotatable bonds is 5. The number of hydrogen-bond donors (Lipinski definition) is 1. The van der Waals surface area contributed by atoms with E-state index in [9.17, 15) is 4.79 Å². The van der Waals surface area contributed by atoms with Crippen LogP contribution in [0.1, 0.15) is 12.8 Å². The van der Waals surface area contributed by atoms with E-state index in [1.165, 1.54) is 24.2 Å². The number of para-hydroxylation sites is 1. The number of carbonyl (C=O) groups excluding carboxylic acids is 1. The van der Waals surface area contributed by atoms with Gasteiger partial charge in [0.2, 0.25) is 5.91 Å². The molecule has 5 heteroatoms. The quantitative estimate of drug-likeness (QED) is 0.885. The van der Waals surface area contributed by atoms with Gasteiger partial charge >= 0.3 is 0 Å². The van der Waals surface area contributed by atoms with E-state index >= 15 is 0 Å². The molecule has 4 rings (SSSR count). The molecule has 2 aromatic carbocycles. The zero-order valence-corrected chi connectivity index (χ0v) is 15.8. The summed E-state index contributed by atoms with van der Waals surface area (Å²) >= 11 is 0. The number of nitrogens with zero attached hydrogens (tertiary/aromatic N) is 3. The largest absolute Gasteiger partial charge is 0.376 e. The molecule has 0 bridgehead atoms. The fourth-order valence-electron chi connectivity index (χ4n) is 3.91. The van der Waals surface area contributed by atoms with Gasteiger partial charge < -0.3 is 20.0 Å². The number of hydrogen-bond acceptors (Lipinski definition) is 4. The zero-order chi connectivity index (χ0) is 18.5. The topological polar surface area (TPSA) is 38.8 Å². The highest BCUT2D eigenvalue weighted by Gasteiger charge is 2.21. The molecule has 1 N–H and O–H groups in total. The van der Waals surface area contributed by atoms with E-state index in [-0.39, 0.29) is 5.91 Å². The van der Waals surface area contributed by atoms with Crippen molar-refractivity contribution in [3.05, 3.63) is 54.6 Å². The first-order valence-electron chi connectivity index (χ1n) is 9.96. The Bertz CT molecular complexity index is 733. The van der Waals surface area contributed by atoms with E-state index in [1.807, 2.05) is 11.0 Å². The Morgan fingerprint density at radius 3 is 2.00 bits per heavy atom. The lowest BCUT2D eigenvalue weighted by Gasteiger charge is -2.36. The lowest BCUT2D eigenvalue weighted by molar-refractivity contribution is -0.129. The average molecular weight is 364 g/mol. The van der Waals surface area contributed by atoms with Crippen molar-refractivity contribution >= 4 is 23.0 Å². The normalized spacial score (nSPS) is 17.3. The highest BCUT2D eigenvalue weighted by molar-refractivity contribution is 5.81. The van der Waals surface area contributed by atoms with Crippen molar-refractivity contribution in [2.75, 3.05) is 60.9 Å². The van der Waals surface area contributed by atoms with Crippen LogP contribution in [-0.2, 0) is 4.79 Å². The summed E-state index contributed by atoms with van der Waals surface area (Å²) in [5.74, 6) is 0.173. The van der Waals surface area contributed by atoms with Gasteiger partial charge in [0.1, 0.15) is 0 Å². The Hall–Kier alpha value is -2.69. The molecule has 142 valence electrons. The summed E-state index contributed by atoms with van der Waals surface area (Å²) in [5, 5.41) is 3.28. The molecule has 2 heterocycles. The minimum atomic E-state index is 0.173. The Kier molecular flexibility index (Phi) is 5.47. The van der Waals surface area contributed by atoms with Gasteiger partial charge in [-0.2, -0.15) is 0 Å². The van der Waals surface area contributed by atoms with Crippen molar-refractivity contribution in [2.45, 2.75) is 12.8 Å². The number of amides is 1. The van der Waals surface area contributed by atoms with E-state index in [2.05, 4.69) is 63.6 Å². The summed E-state index contributed by atoms with van der Waals surface area (Å²) in [6.45, 7) is 6.00. The monoisotopic (exact) mass is 364 g/mol. The molecule has 1 amide bonds.